The molecule has 1 aromatic heterocycles. The van der Waals surface area contributed by atoms with Crippen LogP contribution in [0.3, 0.4) is 0 Å². The van der Waals surface area contributed by atoms with E-state index in [2.05, 4.69) is 29.8 Å². The molecule has 1 aromatic rings. The maximum atomic E-state index is 5.90. The van der Waals surface area contributed by atoms with Gasteiger partial charge >= 0.3 is 0 Å². The van der Waals surface area contributed by atoms with Gasteiger partial charge in [0.2, 0.25) is 0 Å². The SMILES string of the molecule is CC(NC1CC=CC1)c1csc(Cl)c1. The van der Waals surface area contributed by atoms with Gasteiger partial charge in [0.15, 0.2) is 0 Å². The third-order valence-electron chi connectivity index (χ3n) is 2.58. The van der Waals surface area contributed by atoms with Crippen LogP contribution in [0.4, 0.5) is 0 Å². The summed E-state index contributed by atoms with van der Waals surface area (Å²) in [5.41, 5.74) is 1.30. The molecule has 1 N–H and O–H groups in total. The summed E-state index contributed by atoms with van der Waals surface area (Å²) >= 11 is 7.50. The highest BCUT2D eigenvalue weighted by atomic mass is 35.5. The quantitative estimate of drug-likeness (QED) is 0.776. The van der Waals surface area contributed by atoms with E-state index in [0.717, 1.165) is 17.2 Å². The van der Waals surface area contributed by atoms with E-state index in [-0.39, 0.29) is 0 Å². The molecule has 3 heteroatoms. The molecule has 1 aliphatic carbocycles. The molecule has 1 nitrogen and oxygen atoms in total. The van der Waals surface area contributed by atoms with E-state index in [1.165, 1.54) is 5.56 Å². The summed E-state index contributed by atoms with van der Waals surface area (Å²) in [4.78, 5) is 0. The van der Waals surface area contributed by atoms with E-state index in [1.807, 2.05) is 6.07 Å². The Morgan fingerprint density at radius 1 is 1.50 bits per heavy atom. The fraction of sp³-hybridized carbons (Fsp3) is 0.455. The van der Waals surface area contributed by atoms with Gasteiger partial charge in [-0.1, -0.05) is 23.8 Å². The first-order valence-electron chi connectivity index (χ1n) is 4.90. The van der Waals surface area contributed by atoms with Crippen LogP contribution in [0.5, 0.6) is 0 Å². The van der Waals surface area contributed by atoms with Gasteiger partial charge in [0.25, 0.3) is 0 Å². The molecule has 0 saturated carbocycles. The van der Waals surface area contributed by atoms with Crippen LogP contribution in [0.2, 0.25) is 4.34 Å². The lowest BCUT2D eigenvalue weighted by Crippen LogP contribution is -2.28. The van der Waals surface area contributed by atoms with E-state index >= 15 is 0 Å². The van der Waals surface area contributed by atoms with E-state index < -0.39 is 0 Å². The number of nitrogens with one attached hydrogen (secondary N) is 1. The van der Waals surface area contributed by atoms with E-state index in [4.69, 9.17) is 11.6 Å². The highest BCUT2D eigenvalue weighted by Crippen LogP contribution is 2.25. The van der Waals surface area contributed by atoms with Crippen molar-refractivity contribution in [2.75, 3.05) is 0 Å². The molecule has 0 fully saturated rings. The Balaban J connectivity index is 1.92. The fourth-order valence-electron chi connectivity index (χ4n) is 1.75. The molecule has 0 bridgehead atoms. The third-order valence-corrected chi connectivity index (χ3v) is 3.69. The Labute approximate surface area is 93.8 Å². The van der Waals surface area contributed by atoms with Crippen molar-refractivity contribution in [2.24, 2.45) is 0 Å². The topological polar surface area (TPSA) is 12.0 Å². The van der Waals surface area contributed by atoms with Gasteiger partial charge in [0, 0.05) is 12.1 Å². The maximum Gasteiger partial charge on any atom is 0.0931 e. The second-order valence-corrected chi connectivity index (χ2v) is 5.25. The zero-order valence-electron chi connectivity index (χ0n) is 8.16. The molecule has 0 radical (unpaired) electrons. The Morgan fingerprint density at radius 3 is 2.79 bits per heavy atom. The molecule has 0 saturated heterocycles. The molecule has 0 amide bonds. The predicted molar refractivity (Wildman–Crippen MR) is 63.0 cm³/mol. The van der Waals surface area contributed by atoms with Gasteiger partial charge < -0.3 is 5.32 Å². The van der Waals surface area contributed by atoms with E-state index in [9.17, 15) is 0 Å². The van der Waals surface area contributed by atoms with Gasteiger partial charge in [-0.2, -0.15) is 0 Å². The number of hydrogen-bond donors (Lipinski definition) is 1. The van der Waals surface area contributed by atoms with Crippen molar-refractivity contribution < 1.29 is 0 Å². The first-order chi connectivity index (χ1) is 6.75. The summed E-state index contributed by atoms with van der Waals surface area (Å²) < 4.78 is 0.873. The lowest BCUT2D eigenvalue weighted by Gasteiger charge is -2.18. The molecule has 1 heterocycles. The van der Waals surface area contributed by atoms with Crippen LogP contribution in [0.1, 0.15) is 31.4 Å². The summed E-state index contributed by atoms with van der Waals surface area (Å²) in [6, 6.07) is 3.07. The molecule has 1 unspecified atom stereocenters. The largest absolute Gasteiger partial charge is 0.307 e. The van der Waals surface area contributed by atoms with E-state index in [1.54, 1.807) is 11.3 Å². The molecule has 0 aromatic carbocycles. The molecule has 0 spiro atoms. The minimum atomic E-state index is 0.406. The minimum Gasteiger partial charge on any atom is -0.307 e. The van der Waals surface area contributed by atoms with Crippen LogP contribution in [0.15, 0.2) is 23.6 Å². The molecular formula is C11H14ClNS. The smallest absolute Gasteiger partial charge is 0.0931 e. The predicted octanol–water partition coefficient (Wildman–Crippen LogP) is 3.77. The summed E-state index contributed by atoms with van der Waals surface area (Å²) in [6.07, 6.45) is 6.79. The van der Waals surface area contributed by atoms with Crippen molar-refractivity contribution in [1.29, 1.82) is 0 Å². The van der Waals surface area contributed by atoms with Crippen LogP contribution in [0, 0.1) is 0 Å². The number of hydrogen-bond acceptors (Lipinski definition) is 2. The highest BCUT2D eigenvalue weighted by Gasteiger charge is 2.14. The zero-order chi connectivity index (χ0) is 9.97. The molecule has 14 heavy (non-hydrogen) atoms. The second kappa shape index (κ2) is 4.47. The van der Waals surface area contributed by atoms with Crippen LogP contribution < -0.4 is 5.32 Å². The Bertz CT molecular complexity index is 324. The molecule has 1 aliphatic rings. The third kappa shape index (κ3) is 2.38. The first-order valence-corrected chi connectivity index (χ1v) is 6.16. The van der Waals surface area contributed by atoms with Gasteiger partial charge in [0.05, 0.1) is 4.34 Å². The Morgan fingerprint density at radius 2 is 2.21 bits per heavy atom. The molecule has 0 aliphatic heterocycles. The van der Waals surface area contributed by atoms with Gasteiger partial charge in [0.1, 0.15) is 0 Å². The number of rotatable bonds is 3. The number of thiophene rings is 1. The maximum absolute atomic E-state index is 5.90. The van der Waals surface area contributed by atoms with Crippen LogP contribution >= 0.6 is 22.9 Å². The summed E-state index contributed by atoms with van der Waals surface area (Å²) in [7, 11) is 0. The highest BCUT2D eigenvalue weighted by molar-refractivity contribution is 7.14. The molecular weight excluding hydrogens is 214 g/mol. The monoisotopic (exact) mass is 227 g/mol. The molecule has 76 valence electrons. The fourth-order valence-corrected chi connectivity index (χ4v) is 2.74. The molecule has 1 atom stereocenters. The summed E-state index contributed by atoms with van der Waals surface area (Å²) in [6.45, 7) is 2.19. The first kappa shape index (κ1) is 10.2. The van der Waals surface area contributed by atoms with Crippen molar-refractivity contribution >= 4 is 22.9 Å². The zero-order valence-corrected chi connectivity index (χ0v) is 9.74. The van der Waals surface area contributed by atoms with E-state index in [0.29, 0.717) is 12.1 Å². The van der Waals surface area contributed by atoms with Crippen LogP contribution in [-0.2, 0) is 0 Å². The van der Waals surface area contributed by atoms with Crippen LogP contribution in [-0.4, -0.2) is 6.04 Å². The van der Waals surface area contributed by atoms with Gasteiger partial charge in [-0.25, -0.2) is 0 Å². The normalized spacial score (nSPS) is 19.0. The van der Waals surface area contributed by atoms with Crippen molar-refractivity contribution in [1.82, 2.24) is 5.32 Å². The number of halogens is 1. The molecule has 2 rings (SSSR count). The average molecular weight is 228 g/mol. The Hall–Kier alpha value is -0.310. The Kier molecular flexibility index (Phi) is 3.26. The van der Waals surface area contributed by atoms with Crippen LogP contribution in [0.25, 0.3) is 0 Å². The average Bonchev–Trinajstić information content (AvgIpc) is 2.75. The summed E-state index contributed by atoms with van der Waals surface area (Å²) in [5, 5.41) is 5.72. The standard InChI is InChI=1S/C11H14ClNS/c1-8(9-6-11(12)14-7-9)13-10-4-2-3-5-10/h2-3,6-8,10,13H,4-5H2,1H3. The van der Waals surface area contributed by atoms with Crippen molar-refractivity contribution in [3.63, 3.8) is 0 Å². The van der Waals surface area contributed by atoms with Gasteiger partial charge in [-0.3, -0.25) is 0 Å². The van der Waals surface area contributed by atoms with Crippen molar-refractivity contribution in [3.8, 4) is 0 Å². The van der Waals surface area contributed by atoms with Crippen molar-refractivity contribution in [3.05, 3.63) is 33.5 Å². The second-order valence-electron chi connectivity index (χ2n) is 3.71. The van der Waals surface area contributed by atoms with Gasteiger partial charge in [-0.05, 0) is 36.8 Å². The van der Waals surface area contributed by atoms with Gasteiger partial charge in [-0.15, -0.1) is 11.3 Å². The minimum absolute atomic E-state index is 0.406. The lowest BCUT2D eigenvalue weighted by atomic mass is 10.1. The summed E-state index contributed by atoms with van der Waals surface area (Å²) in [5.74, 6) is 0. The lowest BCUT2D eigenvalue weighted by molar-refractivity contribution is 0.472. The van der Waals surface area contributed by atoms with Crippen molar-refractivity contribution in [2.45, 2.75) is 31.8 Å².